The summed E-state index contributed by atoms with van der Waals surface area (Å²) in [5.41, 5.74) is 4.64. The normalized spacial score (nSPS) is 22.5. The molecule has 3 atom stereocenters. The van der Waals surface area contributed by atoms with Crippen LogP contribution in [-0.4, -0.2) is 82.0 Å². The molecular formula is C38H50N4O4. The first-order chi connectivity index (χ1) is 22.5. The Hall–Kier alpha value is -3.49. The lowest BCUT2D eigenvalue weighted by atomic mass is 9.83. The predicted octanol–water partition coefficient (Wildman–Crippen LogP) is 5.97. The van der Waals surface area contributed by atoms with Crippen LogP contribution in [0.25, 0.3) is 0 Å². The highest BCUT2D eigenvalue weighted by Crippen LogP contribution is 2.39. The molecule has 246 valence electrons. The zero-order valence-corrected chi connectivity index (χ0v) is 27.3. The number of aliphatic carboxylic acids is 1. The van der Waals surface area contributed by atoms with Gasteiger partial charge in [0.15, 0.2) is 0 Å². The highest BCUT2D eigenvalue weighted by Gasteiger charge is 2.43. The van der Waals surface area contributed by atoms with E-state index in [2.05, 4.69) is 58.3 Å². The first kappa shape index (κ1) is 32.5. The van der Waals surface area contributed by atoms with Gasteiger partial charge in [0, 0.05) is 43.6 Å². The largest absolute Gasteiger partial charge is 0.480 e. The van der Waals surface area contributed by atoms with E-state index in [9.17, 15) is 14.7 Å². The molecule has 3 aromatic rings. The Morgan fingerprint density at radius 1 is 0.935 bits per heavy atom. The Bertz CT molecular complexity index is 1410. The number of carbonyl (C=O) groups is 2. The molecule has 2 aromatic carbocycles. The Labute approximate surface area is 273 Å². The van der Waals surface area contributed by atoms with Crippen molar-refractivity contribution in [1.82, 2.24) is 19.6 Å². The van der Waals surface area contributed by atoms with E-state index in [0.717, 1.165) is 89.1 Å². The lowest BCUT2D eigenvalue weighted by molar-refractivity contribution is -0.146. The zero-order valence-electron chi connectivity index (χ0n) is 27.3. The minimum atomic E-state index is -0.647. The van der Waals surface area contributed by atoms with Crippen LogP contribution >= 0.6 is 0 Å². The molecule has 6 rings (SSSR count). The van der Waals surface area contributed by atoms with E-state index in [0.29, 0.717) is 24.4 Å². The van der Waals surface area contributed by atoms with E-state index >= 15 is 0 Å². The van der Waals surface area contributed by atoms with Crippen LogP contribution in [0.2, 0.25) is 0 Å². The predicted molar refractivity (Wildman–Crippen MR) is 179 cm³/mol. The third kappa shape index (κ3) is 7.89. The number of ether oxygens (including phenoxy) is 1. The standard InChI is InChI=1S/C38H50N4O4/c1-2-46-36(43)27-42-35(23-33(39-42)22-28-12-6-3-7-13-28)30-18-20-40(21-19-30)24-32-25-41(26-34(32)29-14-8-4-9-15-29)37(38(44)45)31-16-10-5-11-17-31/h3-4,6-9,12-15,23,30-32,34,37H,2,5,10-11,16-22,24-27H2,1H3,(H,44,45)/t32-,34?,37+/m0/s1. The third-order valence-electron chi connectivity index (χ3n) is 10.6. The van der Waals surface area contributed by atoms with Crippen LogP contribution in [0, 0.1) is 11.8 Å². The van der Waals surface area contributed by atoms with Crippen molar-refractivity contribution in [2.24, 2.45) is 11.8 Å². The zero-order chi connectivity index (χ0) is 31.9. The molecule has 8 nitrogen and oxygen atoms in total. The van der Waals surface area contributed by atoms with Crippen molar-refractivity contribution in [3.8, 4) is 0 Å². The lowest BCUT2D eigenvalue weighted by Crippen LogP contribution is -2.46. The van der Waals surface area contributed by atoms with Gasteiger partial charge in [0.25, 0.3) is 0 Å². The maximum atomic E-state index is 12.6. The number of hydrogen-bond donors (Lipinski definition) is 1. The van der Waals surface area contributed by atoms with E-state index in [-0.39, 0.29) is 24.5 Å². The third-order valence-corrected chi connectivity index (χ3v) is 10.6. The summed E-state index contributed by atoms with van der Waals surface area (Å²) in [5.74, 6) is 0.401. The van der Waals surface area contributed by atoms with Gasteiger partial charge in [-0.05, 0) is 74.7 Å². The van der Waals surface area contributed by atoms with Crippen molar-refractivity contribution in [1.29, 1.82) is 0 Å². The van der Waals surface area contributed by atoms with Gasteiger partial charge in [-0.1, -0.05) is 79.9 Å². The summed E-state index contributed by atoms with van der Waals surface area (Å²) < 4.78 is 7.17. The van der Waals surface area contributed by atoms with Crippen molar-refractivity contribution >= 4 is 11.9 Å². The number of rotatable bonds is 12. The second-order valence-electron chi connectivity index (χ2n) is 13.7. The molecule has 3 heterocycles. The molecule has 0 bridgehead atoms. The number of piperidine rings is 1. The van der Waals surface area contributed by atoms with Gasteiger partial charge >= 0.3 is 11.9 Å². The van der Waals surface area contributed by atoms with Crippen molar-refractivity contribution in [2.45, 2.75) is 82.7 Å². The minimum Gasteiger partial charge on any atom is -0.480 e. The molecule has 1 aliphatic carbocycles. The summed E-state index contributed by atoms with van der Waals surface area (Å²) in [6.45, 7) is 6.92. The fourth-order valence-electron chi connectivity index (χ4n) is 8.41. The second kappa shape index (κ2) is 15.4. The Morgan fingerprint density at radius 3 is 2.30 bits per heavy atom. The molecule has 2 aliphatic heterocycles. The summed E-state index contributed by atoms with van der Waals surface area (Å²) in [5, 5.41) is 15.3. The highest BCUT2D eigenvalue weighted by atomic mass is 16.5. The quantitative estimate of drug-likeness (QED) is 0.248. The average molecular weight is 627 g/mol. The van der Waals surface area contributed by atoms with Crippen LogP contribution in [-0.2, 0) is 27.3 Å². The highest BCUT2D eigenvalue weighted by molar-refractivity contribution is 5.74. The minimum absolute atomic E-state index is 0.139. The molecule has 0 radical (unpaired) electrons. The Kier molecular flexibility index (Phi) is 10.9. The topological polar surface area (TPSA) is 87.9 Å². The Balaban J connectivity index is 1.14. The monoisotopic (exact) mass is 626 g/mol. The number of aromatic nitrogens is 2. The SMILES string of the molecule is CCOC(=O)Cn1nc(Cc2ccccc2)cc1C1CCN(C[C@H]2CN([C@@H](C(=O)O)C3CCCCC3)CC2c2ccccc2)CC1. The van der Waals surface area contributed by atoms with Gasteiger partial charge in [-0.15, -0.1) is 0 Å². The molecular weight excluding hydrogens is 576 g/mol. The van der Waals surface area contributed by atoms with Crippen molar-refractivity contribution in [3.63, 3.8) is 0 Å². The van der Waals surface area contributed by atoms with Crippen LogP contribution < -0.4 is 0 Å². The first-order valence-corrected chi connectivity index (χ1v) is 17.5. The van der Waals surface area contributed by atoms with E-state index < -0.39 is 5.97 Å². The van der Waals surface area contributed by atoms with Crippen LogP contribution in [0.5, 0.6) is 0 Å². The molecule has 1 N–H and O–H groups in total. The summed E-state index contributed by atoms with van der Waals surface area (Å²) in [6.07, 6.45) is 8.33. The van der Waals surface area contributed by atoms with Crippen molar-refractivity contribution < 1.29 is 19.4 Å². The van der Waals surface area contributed by atoms with Gasteiger partial charge in [-0.3, -0.25) is 19.2 Å². The fraction of sp³-hybridized carbons (Fsp3) is 0.553. The maximum Gasteiger partial charge on any atom is 0.327 e. The van der Waals surface area contributed by atoms with Gasteiger partial charge < -0.3 is 14.7 Å². The molecule has 3 aliphatic rings. The van der Waals surface area contributed by atoms with Crippen LogP contribution in [0.1, 0.15) is 86.2 Å². The van der Waals surface area contributed by atoms with Crippen LogP contribution in [0.4, 0.5) is 0 Å². The number of hydrogen-bond acceptors (Lipinski definition) is 6. The van der Waals surface area contributed by atoms with Gasteiger partial charge in [-0.2, -0.15) is 5.10 Å². The summed E-state index contributed by atoms with van der Waals surface area (Å²) >= 11 is 0. The Morgan fingerprint density at radius 2 is 1.63 bits per heavy atom. The van der Waals surface area contributed by atoms with E-state index in [1.54, 1.807) is 0 Å². The molecule has 0 amide bonds. The van der Waals surface area contributed by atoms with Crippen molar-refractivity contribution in [3.05, 3.63) is 89.2 Å². The molecule has 2 saturated heterocycles. The van der Waals surface area contributed by atoms with Crippen molar-refractivity contribution in [2.75, 3.05) is 39.3 Å². The maximum absolute atomic E-state index is 12.6. The van der Waals surface area contributed by atoms with Gasteiger partial charge in [0.2, 0.25) is 0 Å². The number of carboxylic acids is 1. The average Bonchev–Trinajstić information content (AvgIpc) is 3.66. The summed E-state index contributed by atoms with van der Waals surface area (Å²) in [7, 11) is 0. The van der Waals surface area contributed by atoms with E-state index in [4.69, 9.17) is 9.84 Å². The molecule has 8 heteroatoms. The summed E-state index contributed by atoms with van der Waals surface area (Å²) in [4.78, 5) is 30.0. The summed E-state index contributed by atoms with van der Waals surface area (Å²) in [6, 6.07) is 22.9. The fourth-order valence-corrected chi connectivity index (χ4v) is 8.41. The molecule has 1 unspecified atom stereocenters. The number of likely N-dealkylation sites (tertiary alicyclic amines) is 2. The number of esters is 1. The molecule has 0 spiro atoms. The van der Waals surface area contributed by atoms with Crippen LogP contribution in [0.3, 0.4) is 0 Å². The smallest absolute Gasteiger partial charge is 0.327 e. The van der Waals surface area contributed by atoms with Gasteiger partial charge in [-0.25, -0.2) is 0 Å². The molecule has 46 heavy (non-hydrogen) atoms. The van der Waals surface area contributed by atoms with E-state index in [1.165, 1.54) is 17.5 Å². The van der Waals surface area contributed by atoms with Gasteiger partial charge in [0.1, 0.15) is 12.6 Å². The van der Waals surface area contributed by atoms with E-state index in [1.807, 2.05) is 29.8 Å². The van der Waals surface area contributed by atoms with Crippen LogP contribution in [0.15, 0.2) is 66.7 Å². The molecule has 3 fully saturated rings. The molecule has 1 saturated carbocycles. The molecule has 1 aromatic heterocycles. The first-order valence-electron chi connectivity index (χ1n) is 17.5. The number of benzene rings is 2. The lowest BCUT2D eigenvalue weighted by Gasteiger charge is -2.35. The van der Waals surface area contributed by atoms with Gasteiger partial charge in [0.05, 0.1) is 12.3 Å². The number of carboxylic acid groups (broad SMARTS) is 1. The number of nitrogens with zero attached hydrogens (tertiary/aromatic N) is 4. The second-order valence-corrected chi connectivity index (χ2v) is 13.7. The number of carbonyl (C=O) groups excluding carboxylic acids is 1.